The number of nitrogens with zero attached hydrogens (tertiary/aromatic N) is 2. The van der Waals surface area contributed by atoms with Crippen LogP contribution in [0.3, 0.4) is 0 Å². The third kappa shape index (κ3) is 1.51. The van der Waals surface area contributed by atoms with Crippen LogP contribution >= 0.6 is 11.3 Å². The van der Waals surface area contributed by atoms with Crippen LogP contribution in [0.5, 0.6) is 0 Å². The maximum Gasteiger partial charge on any atom is 0.109 e. The second-order valence-electron chi connectivity index (χ2n) is 4.20. The number of thiophene rings is 1. The zero-order chi connectivity index (χ0) is 10.3. The van der Waals surface area contributed by atoms with Crippen molar-refractivity contribution >= 4 is 11.3 Å². The number of hydrogen-bond donors (Lipinski definition) is 0. The molecule has 0 aliphatic carbocycles. The Morgan fingerprint density at radius 2 is 2.47 bits per heavy atom. The van der Waals surface area contributed by atoms with E-state index in [1.54, 1.807) is 11.3 Å². The molecule has 1 aliphatic heterocycles. The summed E-state index contributed by atoms with van der Waals surface area (Å²) in [5.41, 5.74) is 2.40. The van der Waals surface area contributed by atoms with Crippen LogP contribution in [0.25, 0.3) is 11.3 Å². The molecule has 0 saturated heterocycles. The van der Waals surface area contributed by atoms with Crippen LogP contribution in [0.4, 0.5) is 0 Å². The summed E-state index contributed by atoms with van der Waals surface area (Å²) in [5.74, 6) is 1.26. The Labute approximate surface area is 93.6 Å². The molecule has 1 atom stereocenters. The second-order valence-corrected chi connectivity index (χ2v) is 4.98. The third-order valence-corrected chi connectivity index (χ3v) is 3.81. The molecule has 0 fully saturated rings. The van der Waals surface area contributed by atoms with Crippen molar-refractivity contribution in [1.29, 1.82) is 0 Å². The third-order valence-electron chi connectivity index (χ3n) is 3.12. The van der Waals surface area contributed by atoms with Crippen LogP contribution in [-0.2, 0) is 6.42 Å². The highest BCUT2D eigenvalue weighted by Gasteiger charge is 2.18. The molecular formula is C12H14N2S. The fourth-order valence-electron chi connectivity index (χ4n) is 2.24. The molecule has 3 heteroatoms. The van der Waals surface area contributed by atoms with Crippen LogP contribution in [0, 0.1) is 0 Å². The van der Waals surface area contributed by atoms with Crippen LogP contribution in [0.2, 0.25) is 0 Å². The minimum atomic E-state index is 0.619. The summed E-state index contributed by atoms with van der Waals surface area (Å²) >= 11 is 1.73. The molecule has 0 amide bonds. The first kappa shape index (κ1) is 9.16. The van der Waals surface area contributed by atoms with Gasteiger partial charge in [-0.05, 0) is 31.2 Å². The van der Waals surface area contributed by atoms with E-state index in [-0.39, 0.29) is 0 Å². The molecule has 0 aromatic carbocycles. The smallest absolute Gasteiger partial charge is 0.109 e. The largest absolute Gasteiger partial charge is 0.331 e. The Bertz CT molecular complexity index is 456. The SMILES string of the molecule is C[C@H]1CCCc2nc(-c3ccsc3)cn21. The molecule has 2 aromatic heterocycles. The van der Waals surface area contributed by atoms with Gasteiger partial charge in [0.2, 0.25) is 0 Å². The molecule has 0 radical (unpaired) electrons. The van der Waals surface area contributed by atoms with Crippen LogP contribution in [0.15, 0.2) is 23.0 Å². The lowest BCUT2D eigenvalue weighted by Gasteiger charge is -2.20. The lowest BCUT2D eigenvalue weighted by Crippen LogP contribution is -2.14. The molecule has 15 heavy (non-hydrogen) atoms. The Balaban J connectivity index is 2.06. The summed E-state index contributed by atoms with van der Waals surface area (Å²) in [7, 11) is 0. The molecule has 0 spiro atoms. The highest BCUT2D eigenvalue weighted by molar-refractivity contribution is 7.08. The van der Waals surface area contributed by atoms with Gasteiger partial charge < -0.3 is 4.57 Å². The Morgan fingerprint density at radius 1 is 1.53 bits per heavy atom. The summed E-state index contributed by atoms with van der Waals surface area (Å²) in [5, 5.41) is 4.27. The van der Waals surface area contributed by atoms with E-state index < -0.39 is 0 Å². The number of imidazole rings is 1. The molecule has 2 aromatic rings. The Hall–Kier alpha value is -1.09. The van der Waals surface area contributed by atoms with Gasteiger partial charge in [0.05, 0.1) is 5.69 Å². The predicted octanol–water partition coefficient (Wildman–Crippen LogP) is 3.51. The highest BCUT2D eigenvalue weighted by atomic mass is 32.1. The summed E-state index contributed by atoms with van der Waals surface area (Å²) in [6, 6.07) is 2.76. The van der Waals surface area contributed by atoms with Gasteiger partial charge in [0, 0.05) is 29.6 Å². The number of hydrogen-bond acceptors (Lipinski definition) is 2. The lowest BCUT2D eigenvalue weighted by molar-refractivity contribution is 0.426. The van der Waals surface area contributed by atoms with Gasteiger partial charge in [0.1, 0.15) is 5.82 Å². The molecule has 3 rings (SSSR count). The van der Waals surface area contributed by atoms with Crippen molar-refractivity contribution in [3.63, 3.8) is 0 Å². The molecule has 1 aliphatic rings. The van der Waals surface area contributed by atoms with Gasteiger partial charge in [-0.1, -0.05) is 0 Å². The van der Waals surface area contributed by atoms with E-state index in [9.17, 15) is 0 Å². The van der Waals surface area contributed by atoms with Gasteiger partial charge in [-0.3, -0.25) is 0 Å². The van der Waals surface area contributed by atoms with Crippen LogP contribution in [0.1, 0.15) is 31.6 Å². The molecule has 0 bridgehead atoms. The van der Waals surface area contributed by atoms with Crippen LogP contribution < -0.4 is 0 Å². The van der Waals surface area contributed by atoms with E-state index in [1.165, 1.54) is 24.2 Å². The summed E-state index contributed by atoms with van der Waals surface area (Å²) in [6.45, 7) is 2.28. The first-order valence-electron chi connectivity index (χ1n) is 5.45. The fourth-order valence-corrected chi connectivity index (χ4v) is 2.89. The van der Waals surface area contributed by atoms with E-state index in [2.05, 4.69) is 34.5 Å². The zero-order valence-corrected chi connectivity index (χ0v) is 9.63. The van der Waals surface area contributed by atoms with E-state index in [0.29, 0.717) is 6.04 Å². The maximum atomic E-state index is 4.71. The molecule has 78 valence electrons. The molecular weight excluding hydrogens is 204 g/mol. The van der Waals surface area contributed by atoms with Gasteiger partial charge in [-0.15, -0.1) is 0 Å². The normalized spacial score (nSPS) is 20.2. The monoisotopic (exact) mass is 218 g/mol. The van der Waals surface area contributed by atoms with Crippen molar-refractivity contribution in [3.05, 3.63) is 28.8 Å². The van der Waals surface area contributed by atoms with Gasteiger partial charge >= 0.3 is 0 Å². The lowest BCUT2D eigenvalue weighted by atomic mass is 10.1. The maximum absolute atomic E-state index is 4.71. The van der Waals surface area contributed by atoms with Gasteiger partial charge in [0.25, 0.3) is 0 Å². The van der Waals surface area contributed by atoms with E-state index in [4.69, 9.17) is 4.98 Å². The Kier molecular flexibility index (Phi) is 2.13. The molecule has 0 unspecified atom stereocenters. The van der Waals surface area contributed by atoms with Gasteiger partial charge in [0.15, 0.2) is 0 Å². The van der Waals surface area contributed by atoms with Gasteiger partial charge in [-0.2, -0.15) is 11.3 Å². The average molecular weight is 218 g/mol. The molecule has 0 saturated carbocycles. The minimum Gasteiger partial charge on any atom is -0.331 e. The molecule has 0 N–H and O–H groups in total. The van der Waals surface area contributed by atoms with E-state index >= 15 is 0 Å². The average Bonchev–Trinajstić information content (AvgIpc) is 2.86. The van der Waals surface area contributed by atoms with Crippen molar-refractivity contribution in [2.24, 2.45) is 0 Å². The number of aromatic nitrogens is 2. The summed E-state index contributed by atoms with van der Waals surface area (Å²) < 4.78 is 2.34. The Morgan fingerprint density at radius 3 is 3.20 bits per heavy atom. The van der Waals surface area contributed by atoms with Crippen molar-refractivity contribution in [3.8, 4) is 11.3 Å². The zero-order valence-electron chi connectivity index (χ0n) is 8.81. The number of fused-ring (bicyclic) bond motifs is 1. The number of aryl methyl sites for hydroxylation is 1. The van der Waals surface area contributed by atoms with Crippen molar-refractivity contribution in [2.75, 3.05) is 0 Å². The van der Waals surface area contributed by atoms with Crippen molar-refractivity contribution in [1.82, 2.24) is 9.55 Å². The predicted molar refractivity (Wildman–Crippen MR) is 63.2 cm³/mol. The first-order chi connectivity index (χ1) is 7.34. The second kappa shape index (κ2) is 3.49. The summed E-state index contributed by atoms with van der Waals surface area (Å²) in [6.07, 6.45) is 5.91. The summed E-state index contributed by atoms with van der Waals surface area (Å²) in [4.78, 5) is 4.71. The van der Waals surface area contributed by atoms with Crippen molar-refractivity contribution in [2.45, 2.75) is 32.2 Å². The first-order valence-corrected chi connectivity index (χ1v) is 6.39. The van der Waals surface area contributed by atoms with E-state index in [1.807, 2.05) is 0 Å². The molecule has 3 heterocycles. The molecule has 2 nitrogen and oxygen atoms in total. The van der Waals surface area contributed by atoms with Crippen LogP contribution in [-0.4, -0.2) is 9.55 Å². The number of rotatable bonds is 1. The van der Waals surface area contributed by atoms with Crippen molar-refractivity contribution < 1.29 is 0 Å². The highest BCUT2D eigenvalue weighted by Crippen LogP contribution is 2.28. The fraction of sp³-hybridized carbons (Fsp3) is 0.417. The topological polar surface area (TPSA) is 17.8 Å². The minimum absolute atomic E-state index is 0.619. The van der Waals surface area contributed by atoms with E-state index in [0.717, 1.165) is 12.1 Å². The van der Waals surface area contributed by atoms with Gasteiger partial charge in [-0.25, -0.2) is 4.98 Å². The quantitative estimate of drug-likeness (QED) is 0.716. The standard InChI is InChI=1S/C12H14N2S/c1-9-3-2-4-12-13-11(7-14(9)12)10-5-6-15-8-10/h5-9H,2-4H2,1H3/t9-/m0/s1.